The fraction of sp³-hybridized carbons (Fsp3) is 0.900. The summed E-state index contributed by atoms with van der Waals surface area (Å²) in [6, 6.07) is 0.00375. The molecule has 0 bridgehead atoms. The molecule has 0 aromatic heterocycles. The zero-order valence-corrected chi connectivity index (χ0v) is 10.3. The lowest BCUT2D eigenvalue weighted by atomic mass is 9.99. The maximum absolute atomic E-state index is 9.82. The first-order valence-electron chi connectivity index (χ1n) is 5.61. The summed E-state index contributed by atoms with van der Waals surface area (Å²) in [4.78, 5) is 4.45. The maximum Gasteiger partial charge on any atom is 0.159 e. The Morgan fingerprint density at radius 1 is 1.69 bits per heavy atom. The van der Waals surface area contributed by atoms with E-state index in [4.69, 9.17) is 4.74 Å². The first-order valence-corrected chi connectivity index (χ1v) is 6.49. The zero-order chi connectivity index (χ0) is 11.7. The minimum atomic E-state index is -0.653. The van der Waals surface area contributed by atoms with E-state index in [1.807, 2.05) is 6.92 Å². The number of nitrogens with zero attached hydrogens (tertiary/aromatic N) is 1. The van der Waals surface area contributed by atoms with E-state index < -0.39 is 18.3 Å². The molecule has 0 radical (unpaired) electrons. The van der Waals surface area contributed by atoms with E-state index in [0.717, 1.165) is 11.7 Å². The first-order chi connectivity index (χ1) is 7.61. The molecular weight excluding hydrogens is 228 g/mol. The number of aliphatic hydroxyl groups is 2. The van der Waals surface area contributed by atoms with Crippen LogP contribution in [0.1, 0.15) is 20.3 Å². The quantitative estimate of drug-likeness (QED) is 0.636. The van der Waals surface area contributed by atoms with Gasteiger partial charge in [0.2, 0.25) is 0 Å². The molecule has 2 aliphatic heterocycles. The molecule has 1 saturated heterocycles. The molecule has 0 unspecified atom stereocenters. The summed E-state index contributed by atoms with van der Waals surface area (Å²) in [5.74, 6) is 0. The third-order valence-corrected chi connectivity index (χ3v) is 3.91. The number of hydrogen-bond donors (Lipinski definition) is 3. The van der Waals surface area contributed by atoms with Crippen molar-refractivity contribution in [3.8, 4) is 0 Å². The van der Waals surface area contributed by atoms with E-state index in [1.165, 1.54) is 11.8 Å². The highest BCUT2D eigenvalue weighted by molar-refractivity contribution is 8.14. The molecule has 0 aromatic rings. The Morgan fingerprint density at radius 3 is 3.06 bits per heavy atom. The smallest absolute Gasteiger partial charge is 0.159 e. The Balaban J connectivity index is 1.99. The minimum Gasteiger partial charge on any atom is -0.391 e. The first kappa shape index (κ1) is 12.2. The van der Waals surface area contributed by atoms with Crippen LogP contribution in [0.4, 0.5) is 0 Å². The average Bonchev–Trinajstić information content (AvgIpc) is 2.58. The molecule has 5 atom stereocenters. The van der Waals surface area contributed by atoms with Crippen LogP contribution in [0, 0.1) is 0 Å². The summed E-state index contributed by atoms with van der Waals surface area (Å²) < 4.78 is 5.67. The Kier molecular flexibility index (Phi) is 3.73. The standard InChI is InChI=1S/C10H18N2O3S/c1-3-11-10-12-6-4-7(14)8(5(2)13)15-9(6)16-10/h5-9,13-14H,3-4H2,1-2H3,(H,11,12)/t5-,6-,7+,8-,9-/m1/s1. The van der Waals surface area contributed by atoms with Gasteiger partial charge >= 0.3 is 0 Å². The third kappa shape index (κ3) is 2.34. The van der Waals surface area contributed by atoms with E-state index in [1.54, 1.807) is 6.92 Å². The molecule has 92 valence electrons. The topological polar surface area (TPSA) is 74.1 Å². The normalized spacial score (nSPS) is 40.1. The minimum absolute atomic E-state index is 0.00375. The third-order valence-electron chi connectivity index (χ3n) is 2.78. The summed E-state index contributed by atoms with van der Waals surface area (Å²) in [6.45, 7) is 4.48. The lowest BCUT2D eigenvalue weighted by Gasteiger charge is -2.35. The van der Waals surface area contributed by atoms with E-state index in [9.17, 15) is 10.2 Å². The van der Waals surface area contributed by atoms with E-state index in [-0.39, 0.29) is 11.5 Å². The molecule has 0 spiro atoms. The average molecular weight is 246 g/mol. The molecule has 16 heavy (non-hydrogen) atoms. The van der Waals surface area contributed by atoms with Gasteiger partial charge in [0.15, 0.2) is 5.17 Å². The molecule has 0 saturated carbocycles. The van der Waals surface area contributed by atoms with Crippen molar-refractivity contribution >= 4 is 16.9 Å². The van der Waals surface area contributed by atoms with Gasteiger partial charge in [-0.15, -0.1) is 0 Å². The molecule has 2 aliphatic rings. The highest BCUT2D eigenvalue weighted by Crippen LogP contribution is 2.36. The summed E-state index contributed by atoms with van der Waals surface area (Å²) in [6.07, 6.45) is -1.22. The van der Waals surface area contributed by atoms with Crippen LogP contribution in [-0.4, -0.2) is 51.7 Å². The van der Waals surface area contributed by atoms with Gasteiger partial charge in [0.05, 0.1) is 18.2 Å². The van der Waals surface area contributed by atoms with Crippen molar-refractivity contribution in [3.05, 3.63) is 0 Å². The van der Waals surface area contributed by atoms with Crippen molar-refractivity contribution in [2.24, 2.45) is 4.99 Å². The summed E-state index contributed by atoms with van der Waals surface area (Å²) in [5.41, 5.74) is -0.0722. The fourth-order valence-corrected chi connectivity index (χ4v) is 3.17. The number of fused-ring (bicyclic) bond motifs is 1. The molecule has 3 N–H and O–H groups in total. The van der Waals surface area contributed by atoms with Gasteiger partial charge in [-0.1, -0.05) is 11.8 Å². The van der Waals surface area contributed by atoms with Gasteiger partial charge < -0.3 is 20.3 Å². The number of thioether (sulfide) groups is 1. The Bertz CT molecular complexity index is 285. The molecule has 6 heteroatoms. The second-order valence-corrected chi connectivity index (χ2v) is 5.25. The molecule has 0 aliphatic carbocycles. The highest BCUT2D eigenvalue weighted by Gasteiger charge is 2.43. The molecular formula is C10H18N2O3S. The molecule has 2 heterocycles. The van der Waals surface area contributed by atoms with Gasteiger partial charge in [-0.05, 0) is 13.8 Å². The van der Waals surface area contributed by atoms with Crippen LogP contribution >= 0.6 is 11.8 Å². The second-order valence-electron chi connectivity index (χ2n) is 4.16. The predicted octanol–water partition coefficient (Wildman–Crippen LogP) is -0.0760. The summed E-state index contributed by atoms with van der Waals surface area (Å²) >= 11 is 1.54. The maximum atomic E-state index is 9.82. The Morgan fingerprint density at radius 2 is 2.44 bits per heavy atom. The molecule has 0 aromatic carbocycles. The number of aliphatic hydroxyl groups excluding tert-OH is 2. The molecule has 0 amide bonds. The largest absolute Gasteiger partial charge is 0.391 e. The number of amidine groups is 1. The lowest BCUT2D eigenvalue weighted by Crippen LogP contribution is -2.48. The monoisotopic (exact) mass is 246 g/mol. The summed E-state index contributed by atoms with van der Waals surface area (Å²) in [5, 5.41) is 23.3. The second kappa shape index (κ2) is 4.91. The zero-order valence-electron chi connectivity index (χ0n) is 9.46. The predicted molar refractivity (Wildman–Crippen MR) is 63.5 cm³/mol. The van der Waals surface area contributed by atoms with Crippen LogP contribution in [0.15, 0.2) is 4.99 Å². The number of aliphatic imine (C=N–C) groups is 1. The molecule has 5 nitrogen and oxygen atoms in total. The Labute approximate surface area is 99.3 Å². The van der Waals surface area contributed by atoms with E-state index >= 15 is 0 Å². The van der Waals surface area contributed by atoms with Crippen molar-refractivity contribution in [1.29, 1.82) is 0 Å². The van der Waals surface area contributed by atoms with E-state index in [0.29, 0.717) is 6.42 Å². The van der Waals surface area contributed by atoms with Gasteiger partial charge in [0.25, 0.3) is 0 Å². The number of ether oxygens (including phenoxy) is 1. The molecule has 2 rings (SSSR count). The van der Waals surface area contributed by atoms with Gasteiger partial charge in [-0.2, -0.15) is 0 Å². The van der Waals surface area contributed by atoms with Crippen LogP contribution in [0.2, 0.25) is 0 Å². The number of nitrogens with one attached hydrogen (secondary N) is 1. The van der Waals surface area contributed by atoms with Crippen LogP contribution in [0.3, 0.4) is 0 Å². The van der Waals surface area contributed by atoms with Crippen LogP contribution in [0.25, 0.3) is 0 Å². The SMILES string of the molecule is CCNC1=N[C@@H]2C[C@H](O)[C@@H]([C@@H](C)O)O[C@@H]2S1. The van der Waals surface area contributed by atoms with E-state index in [2.05, 4.69) is 10.3 Å². The summed E-state index contributed by atoms with van der Waals surface area (Å²) in [7, 11) is 0. The van der Waals surface area contributed by atoms with Gasteiger partial charge in [-0.25, -0.2) is 0 Å². The van der Waals surface area contributed by atoms with Crippen LogP contribution in [0.5, 0.6) is 0 Å². The van der Waals surface area contributed by atoms with Gasteiger partial charge in [0.1, 0.15) is 11.5 Å². The van der Waals surface area contributed by atoms with Crippen LogP contribution in [-0.2, 0) is 4.74 Å². The van der Waals surface area contributed by atoms with Crippen molar-refractivity contribution in [3.63, 3.8) is 0 Å². The highest BCUT2D eigenvalue weighted by atomic mass is 32.2. The van der Waals surface area contributed by atoms with Gasteiger partial charge in [0, 0.05) is 13.0 Å². The van der Waals surface area contributed by atoms with Gasteiger partial charge in [-0.3, -0.25) is 4.99 Å². The van der Waals surface area contributed by atoms with Crippen LogP contribution < -0.4 is 5.32 Å². The lowest BCUT2D eigenvalue weighted by molar-refractivity contribution is -0.136. The molecule has 1 fully saturated rings. The van der Waals surface area contributed by atoms with Crippen molar-refractivity contribution in [2.45, 2.75) is 50.1 Å². The van der Waals surface area contributed by atoms with Crippen molar-refractivity contribution in [1.82, 2.24) is 5.32 Å². The van der Waals surface area contributed by atoms with Crippen molar-refractivity contribution < 1.29 is 14.9 Å². The number of hydrogen-bond acceptors (Lipinski definition) is 6. The van der Waals surface area contributed by atoms with Crippen molar-refractivity contribution in [2.75, 3.05) is 6.54 Å². The fourth-order valence-electron chi connectivity index (χ4n) is 2.01. The Hall–Kier alpha value is -0.300. The number of rotatable bonds is 2.